The number of anilines is 2. The number of halogens is 3. The molecule has 2 heterocycles. The highest BCUT2D eigenvalue weighted by Crippen LogP contribution is 2.36. The number of benzene rings is 2. The van der Waals surface area contributed by atoms with Crippen molar-refractivity contribution in [3.63, 3.8) is 0 Å². The molecule has 0 saturated carbocycles. The molecule has 4 rings (SSSR count). The summed E-state index contributed by atoms with van der Waals surface area (Å²) in [5, 5.41) is 2.92. The highest BCUT2D eigenvalue weighted by molar-refractivity contribution is 5.76. The minimum Gasteiger partial charge on any atom is -0.465 e. The lowest BCUT2D eigenvalue weighted by molar-refractivity contribution is -0.121. The quantitative estimate of drug-likeness (QED) is 0.545. The third-order valence-corrected chi connectivity index (χ3v) is 6.35. The Kier molecular flexibility index (Phi) is 7.05. The van der Waals surface area contributed by atoms with Crippen molar-refractivity contribution < 1.29 is 22.7 Å². The summed E-state index contributed by atoms with van der Waals surface area (Å²) >= 11 is 0. The van der Waals surface area contributed by atoms with Crippen molar-refractivity contribution in [1.82, 2.24) is 5.32 Å². The van der Waals surface area contributed by atoms with Crippen LogP contribution in [-0.4, -0.2) is 38.0 Å². The molecule has 2 aromatic rings. The lowest BCUT2D eigenvalue weighted by Crippen LogP contribution is -2.27. The summed E-state index contributed by atoms with van der Waals surface area (Å²) in [5.74, 6) is -2.55. The zero-order chi connectivity index (χ0) is 24.3. The zero-order valence-electron chi connectivity index (χ0n) is 19.5. The topological polar surface area (TPSA) is 44.8 Å². The predicted octanol–water partition coefficient (Wildman–Crippen LogP) is 5.43. The van der Waals surface area contributed by atoms with Crippen LogP contribution in [0.3, 0.4) is 0 Å². The molecule has 2 aromatic carbocycles. The minimum atomic E-state index is -2.77. The van der Waals surface area contributed by atoms with Gasteiger partial charge in [-0.2, -0.15) is 0 Å². The third-order valence-electron chi connectivity index (χ3n) is 6.35. The van der Waals surface area contributed by atoms with Crippen LogP contribution in [0.1, 0.15) is 44.7 Å². The largest absolute Gasteiger partial charge is 0.465 e. The molecule has 2 aliphatic heterocycles. The molecule has 1 N–H and O–H groups in total. The van der Waals surface area contributed by atoms with Crippen molar-refractivity contribution in [1.29, 1.82) is 0 Å². The second-order valence-electron chi connectivity index (χ2n) is 8.92. The maximum Gasteiger partial charge on any atom is 0.266 e. The van der Waals surface area contributed by atoms with Crippen LogP contribution >= 0.6 is 0 Å². The Morgan fingerprint density at radius 1 is 1.15 bits per heavy atom. The molecule has 0 aromatic heterocycles. The molecule has 5 nitrogen and oxygen atoms in total. The number of amides is 1. The Labute approximate surface area is 198 Å². The fourth-order valence-corrected chi connectivity index (χ4v) is 4.33. The van der Waals surface area contributed by atoms with Crippen LogP contribution in [0, 0.1) is 5.82 Å². The van der Waals surface area contributed by atoms with Crippen LogP contribution in [0.4, 0.5) is 24.5 Å². The van der Waals surface area contributed by atoms with Gasteiger partial charge in [-0.15, -0.1) is 0 Å². The van der Waals surface area contributed by atoms with E-state index >= 15 is 4.39 Å². The molecular formula is C26H30F3N3O2. The number of rotatable bonds is 7. The van der Waals surface area contributed by atoms with Crippen LogP contribution in [0.15, 0.2) is 54.3 Å². The number of hydrogen-bond donors (Lipinski definition) is 1. The van der Waals surface area contributed by atoms with Crippen molar-refractivity contribution in [3.05, 3.63) is 65.7 Å². The Balaban J connectivity index is 1.37. The van der Waals surface area contributed by atoms with Crippen molar-refractivity contribution in [2.24, 2.45) is 0 Å². The van der Waals surface area contributed by atoms with E-state index in [0.29, 0.717) is 30.9 Å². The standard InChI is InChI=1S/C26H30F3N3O2/c1-3-24(33)30-18(2)20-7-9-21(10-8-20)34-16-19-11-13-31(15-19)22-5-4-6-23(25(22)27)32-14-12-26(28,29)17-32/h4-10,16,18H,3,11-15,17H2,1-2H3,(H,30,33)/b19-16+/t18-/m0/s1. The lowest BCUT2D eigenvalue weighted by Gasteiger charge is -2.24. The van der Waals surface area contributed by atoms with Crippen LogP contribution in [0.2, 0.25) is 0 Å². The number of alkyl halides is 2. The molecule has 1 amide bonds. The molecule has 34 heavy (non-hydrogen) atoms. The van der Waals surface area contributed by atoms with Gasteiger partial charge < -0.3 is 19.9 Å². The van der Waals surface area contributed by atoms with E-state index in [2.05, 4.69) is 5.32 Å². The molecule has 1 atom stereocenters. The summed E-state index contributed by atoms with van der Waals surface area (Å²) in [4.78, 5) is 14.9. The van der Waals surface area contributed by atoms with Gasteiger partial charge in [-0.1, -0.05) is 25.1 Å². The molecule has 2 saturated heterocycles. The van der Waals surface area contributed by atoms with Crippen LogP contribution in [0.25, 0.3) is 0 Å². The highest BCUT2D eigenvalue weighted by Gasteiger charge is 2.39. The van der Waals surface area contributed by atoms with Gasteiger partial charge in [-0.25, -0.2) is 13.2 Å². The van der Waals surface area contributed by atoms with Gasteiger partial charge in [-0.3, -0.25) is 4.79 Å². The number of nitrogens with zero attached hydrogens (tertiary/aromatic N) is 2. The first kappa shape index (κ1) is 24.0. The Bertz CT molecular complexity index is 1060. The lowest BCUT2D eigenvalue weighted by atomic mass is 10.1. The molecule has 0 spiro atoms. The normalized spacial score (nSPS) is 19.5. The van der Waals surface area contributed by atoms with Crippen LogP contribution in [-0.2, 0) is 4.79 Å². The van der Waals surface area contributed by atoms with Gasteiger partial charge in [-0.05, 0) is 48.7 Å². The summed E-state index contributed by atoms with van der Waals surface area (Å²) in [6.45, 7) is 4.58. The van der Waals surface area contributed by atoms with Crippen LogP contribution < -0.4 is 19.9 Å². The molecular weight excluding hydrogens is 443 g/mol. The van der Waals surface area contributed by atoms with Gasteiger partial charge in [0.05, 0.1) is 30.2 Å². The SMILES string of the molecule is CCC(=O)N[C@@H](C)c1ccc(O/C=C2\CCN(c3cccc(N4CCC(F)(F)C4)c3F)C2)cc1. The van der Waals surface area contributed by atoms with Crippen molar-refractivity contribution in [3.8, 4) is 5.75 Å². The minimum absolute atomic E-state index is 0.00342. The fourth-order valence-electron chi connectivity index (χ4n) is 4.33. The predicted molar refractivity (Wildman–Crippen MR) is 127 cm³/mol. The average molecular weight is 474 g/mol. The zero-order valence-corrected chi connectivity index (χ0v) is 19.5. The van der Waals surface area contributed by atoms with E-state index in [9.17, 15) is 13.6 Å². The van der Waals surface area contributed by atoms with E-state index in [1.165, 1.54) is 4.90 Å². The number of nitrogens with one attached hydrogen (secondary N) is 1. The first-order valence-electron chi connectivity index (χ1n) is 11.7. The maximum absolute atomic E-state index is 15.2. The monoisotopic (exact) mass is 473 g/mol. The second kappa shape index (κ2) is 9.99. The summed E-state index contributed by atoms with van der Waals surface area (Å²) < 4.78 is 48.2. The Morgan fingerprint density at radius 2 is 1.85 bits per heavy atom. The molecule has 2 fully saturated rings. The van der Waals surface area contributed by atoms with Crippen molar-refractivity contribution in [2.45, 2.75) is 45.1 Å². The van der Waals surface area contributed by atoms with Crippen LogP contribution in [0.5, 0.6) is 5.75 Å². The van der Waals surface area contributed by atoms with Gasteiger partial charge in [0.15, 0.2) is 5.82 Å². The Hall–Kier alpha value is -3.16. The van der Waals surface area contributed by atoms with Gasteiger partial charge in [0.2, 0.25) is 5.91 Å². The van der Waals surface area contributed by atoms with E-state index < -0.39 is 18.3 Å². The van der Waals surface area contributed by atoms with E-state index in [4.69, 9.17) is 4.74 Å². The van der Waals surface area contributed by atoms with E-state index in [1.807, 2.05) is 43.0 Å². The summed E-state index contributed by atoms with van der Waals surface area (Å²) in [5.41, 5.74) is 2.65. The molecule has 0 bridgehead atoms. The maximum atomic E-state index is 15.2. The first-order valence-corrected chi connectivity index (χ1v) is 11.7. The summed E-state index contributed by atoms with van der Waals surface area (Å²) in [6.07, 6.45) is 2.61. The number of carbonyl (C=O) groups excluding carboxylic acids is 1. The van der Waals surface area contributed by atoms with E-state index in [-0.39, 0.29) is 30.6 Å². The molecule has 182 valence electrons. The van der Waals surface area contributed by atoms with Gasteiger partial charge in [0.25, 0.3) is 5.92 Å². The fraction of sp³-hybridized carbons (Fsp3) is 0.423. The average Bonchev–Trinajstić information content (AvgIpc) is 3.44. The molecule has 0 unspecified atom stereocenters. The molecule has 0 aliphatic carbocycles. The van der Waals surface area contributed by atoms with E-state index in [0.717, 1.165) is 17.6 Å². The molecule has 2 aliphatic rings. The molecule has 8 heteroatoms. The smallest absolute Gasteiger partial charge is 0.266 e. The van der Waals surface area contributed by atoms with Gasteiger partial charge in [0.1, 0.15) is 5.75 Å². The summed E-state index contributed by atoms with van der Waals surface area (Å²) in [7, 11) is 0. The first-order chi connectivity index (χ1) is 16.3. The van der Waals surface area contributed by atoms with Crippen molar-refractivity contribution >= 4 is 17.3 Å². The number of ether oxygens (including phenoxy) is 1. The highest BCUT2D eigenvalue weighted by atomic mass is 19.3. The number of carbonyl (C=O) groups is 1. The van der Waals surface area contributed by atoms with Crippen molar-refractivity contribution in [2.75, 3.05) is 36.0 Å². The van der Waals surface area contributed by atoms with Gasteiger partial charge in [0, 0.05) is 32.5 Å². The molecule has 0 radical (unpaired) electrons. The third kappa shape index (κ3) is 5.48. The number of hydrogen-bond acceptors (Lipinski definition) is 4. The van der Waals surface area contributed by atoms with E-state index in [1.54, 1.807) is 24.5 Å². The summed E-state index contributed by atoms with van der Waals surface area (Å²) in [6, 6.07) is 12.4. The van der Waals surface area contributed by atoms with Gasteiger partial charge >= 0.3 is 0 Å². The second-order valence-corrected chi connectivity index (χ2v) is 8.92. The Morgan fingerprint density at radius 3 is 2.50 bits per heavy atom.